The molecule has 1 atom stereocenters. The molecule has 0 aromatic carbocycles. The van der Waals surface area contributed by atoms with Crippen LogP contribution in [0.4, 0.5) is 0 Å². The number of ketones is 1. The Balaban J connectivity index is 2.89. The second-order valence-corrected chi connectivity index (χ2v) is 3.46. The van der Waals surface area contributed by atoms with Crippen molar-refractivity contribution in [3.05, 3.63) is 24.2 Å². The van der Waals surface area contributed by atoms with Gasteiger partial charge in [0.2, 0.25) is 0 Å². The van der Waals surface area contributed by atoms with Gasteiger partial charge in [0.05, 0.1) is 11.8 Å². The van der Waals surface area contributed by atoms with Crippen molar-refractivity contribution >= 4 is 5.78 Å². The first-order valence-corrected chi connectivity index (χ1v) is 4.41. The second-order valence-electron chi connectivity index (χ2n) is 3.46. The highest BCUT2D eigenvalue weighted by molar-refractivity contribution is 6.00. The average Bonchev–Trinajstić information content (AvgIpc) is 2.68. The summed E-state index contributed by atoms with van der Waals surface area (Å²) in [6.07, 6.45) is 3.71. The van der Waals surface area contributed by atoms with Crippen LogP contribution in [0, 0.1) is 5.41 Å². The normalized spacial score (nSPS) is 15.3. The molecule has 0 aliphatic rings. The largest absolute Gasteiger partial charge is 0.472 e. The summed E-state index contributed by atoms with van der Waals surface area (Å²) in [5, 5.41) is 0. The summed E-state index contributed by atoms with van der Waals surface area (Å²) in [5.41, 5.74) is 5.72. The van der Waals surface area contributed by atoms with Crippen molar-refractivity contribution < 1.29 is 9.21 Å². The number of hydrogen-bond acceptors (Lipinski definition) is 3. The summed E-state index contributed by atoms with van der Waals surface area (Å²) in [6, 6.07) is 1.67. The van der Waals surface area contributed by atoms with Crippen molar-refractivity contribution in [2.45, 2.75) is 20.3 Å². The van der Waals surface area contributed by atoms with Crippen molar-refractivity contribution in [3.63, 3.8) is 0 Å². The van der Waals surface area contributed by atoms with Crippen LogP contribution in [0.25, 0.3) is 0 Å². The number of carbonyl (C=O) groups excluding carboxylic acids is 1. The lowest BCUT2D eigenvalue weighted by atomic mass is 9.81. The lowest BCUT2D eigenvalue weighted by Crippen LogP contribution is -2.35. The van der Waals surface area contributed by atoms with Crippen LogP contribution in [-0.4, -0.2) is 12.3 Å². The van der Waals surface area contributed by atoms with Gasteiger partial charge in [-0.05, 0) is 12.5 Å². The zero-order chi connectivity index (χ0) is 9.90. The molecule has 0 radical (unpaired) electrons. The number of furan rings is 1. The van der Waals surface area contributed by atoms with Crippen LogP contribution in [0.5, 0.6) is 0 Å². The fourth-order valence-electron chi connectivity index (χ4n) is 1.14. The number of Topliss-reactive ketones (excluding diaryl/α,β-unsaturated/α-hetero) is 1. The topological polar surface area (TPSA) is 56.2 Å². The van der Waals surface area contributed by atoms with Gasteiger partial charge >= 0.3 is 0 Å². The van der Waals surface area contributed by atoms with E-state index in [1.165, 1.54) is 12.5 Å². The molecule has 1 rings (SSSR count). The summed E-state index contributed by atoms with van der Waals surface area (Å²) in [7, 11) is 0. The van der Waals surface area contributed by atoms with Gasteiger partial charge in [-0.25, -0.2) is 0 Å². The van der Waals surface area contributed by atoms with Gasteiger partial charge in [0.25, 0.3) is 0 Å². The highest BCUT2D eigenvalue weighted by Gasteiger charge is 2.30. The van der Waals surface area contributed by atoms with Crippen LogP contribution in [0.15, 0.2) is 23.0 Å². The van der Waals surface area contributed by atoms with E-state index in [0.29, 0.717) is 12.1 Å². The molecule has 3 nitrogen and oxygen atoms in total. The Morgan fingerprint density at radius 2 is 2.38 bits per heavy atom. The van der Waals surface area contributed by atoms with Gasteiger partial charge < -0.3 is 10.2 Å². The van der Waals surface area contributed by atoms with Crippen LogP contribution in [0.1, 0.15) is 30.6 Å². The molecule has 0 aliphatic heterocycles. The number of carbonyl (C=O) groups is 1. The Morgan fingerprint density at radius 3 is 2.77 bits per heavy atom. The Hall–Kier alpha value is -1.09. The molecule has 0 amide bonds. The van der Waals surface area contributed by atoms with Crippen molar-refractivity contribution in [1.29, 1.82) is 0 Å². The third kappa shape index (κ3) is 1.80. The van der Waals surface area contributed by atoms with E-state index in [1.807, 2.05) is 13.8 Å². The monoisotopic (exact) mass is 181 g/mol. The lowest BCUT2D eigenvalue weighted by molar-refractivity contribution is 0.0819. The van der Waals surface area contributed by atoms with E-state index in [0.717, 1.165) is 6.42 Å². The van der Waals surface area contributed by atoms with E-state index in [4.69, 9.17) is 10.2 Å². The molecular weight excluding hydrogens is 166 g/mol. The number of hydrogen-bond donors (Lipinski definition) is 1. The minimum absolute atomic E-state index is 0.0613. The first-order chi connectivity index (χ1) is 6.14. The quantitative estimate of drug-likeness (QED) is 0.721. The Labute approximate surface area is 77.9 Å². The molecule has 72 valence electrons. The Morgan fingerprint density at radius 1 is 1.69 bits per heavy atom. The molecule has 0 fully saturated rings. The summed E-state index contributed by atoms with van der Waals surface area (Å²) >= 11 is 0. The molecule has 0 aliphatic carbocycles. The predicted octanol–water partition coefficient (Wildman–Crippen LogP) is 1.84. The molecule has 3 heteroatoms. The van der Waals surface area contributed by atoms with Crippen molar-refractivity contribution in [2.75, 3.05) is 6.54 Å². The molecule has 1 aromatic heterocycles. The SMILES string of the molecule is CCC(C)(CN)C(=O)c1ccoc1. The van der Waals surface area contributed by atoms with Crippen LogP contribution in [0.3, 0.4) is 0 Å². The molecule has 0 bridgehead atoms. The van der Waals surface area contributed by atoms with E-state index >= 15 is 0 Å². The fourth-order valence-corrected chi connectivity index (χ4v) is 1.14. The number of nitrogens with two attached hydrogens (primary N) is 1. The van der Waals surface area contributed by atoms with Crippen LogP contribution >= 0.6 is 0 Å². The van der Waals surface area contributed by atoms with Gasteiger partial charge in [-0.1, -0.05) is 13.8 Å². The smallest absolute Gasteiger partial charge is 0.173 e. The lowest BCUT2D eigenvalue weighted by Gasteiger charge is -2.23. The molecular formula is C10H15NO2. The molecule has 1 aromatic rings. The van der Waals surface area contributed by atoms with Crippen molar-refractivity contribution in [1.82, 2.24) is 0 Å². The van der Waals surface area contributed by atoms with E-state index in [1.54, 1.807) is 6.07 Å². The van der Waals surface area contributed by atoms with Crippen molar-refractivity contribution in [3.8, 4) is 0 Å². The zero-order valence-corrected chi connectivity index (χ0v) is 8.04. The predicted molar refractivity (Wildman–Crippen MR) is 50.5 cm³/mol. The first kappa shape index (κ1) is 9.99. The van der Waals surface area contributed by atoms with E-state index < -0.39 is 5.41 Å². The van der Waals surface area contributed by atoms with Gasteiger partial charge in [-0.15, -0.1) is 0 Å². The van der Waals surface area contributed by atoms with Crippen LogP contribution in [-0.2, 0) is 0 Å². The molecule has 1 unspecified atom stereocenters. The zero-order valence-electron chi connectivity index (χ0n) is 8.04. The molecule has 1 heterocycles. The fraction of sp³-hybridized carbons (Fsp3) is 0.500. The summed E-state index contributed by atoms with van der Waals surface area (Å²) < 4.78 is 4.86. The molecule has 13 heavy (non-hydrogen) atoms. The van der Waals surface area contributed by atoms with Crippen molar-refractivity contribution in [2.24, 2.45) is 11.1 Å². The Kier molecular flexibility index (Phi) is 2.88. The maximum atomic E-state index is 11.8. The number of rotatable bonds is 4. The van der Waals surface area contributed by atoms with Gasteiger partial charge in [-0.2, -0.15) is 0 Å². The minimum atomic E-state index is -0.454. The Bertz CT molecular complexity index is 273. The molecule has 0 saturated heterocycles. The van der Waals surface area contributed by atoms with E-state index in [-0.39, 0.29) is 5.78 Å². The summed E-state index contributed by atoms with van der Waals surface area (Å²) in [4.78, 5) is 11.8. The van der Waals surface area contributed by atoms with Gasteiger partial charge in [-0.3, -0.25) is 4.79 Å². The first-order valence-electron chi connectivity index (χ1n) is 4.41. The van der Waals surface area contributed by atoms with Crippen LogP contribution in [0.2, 0.25) is 0 Å². The maximum Gasteiger partial charge on any atom is 0.173 e. The van der Waals surface area contributed by atoms with E-state index in [2.05, 4.69) is 0 Å². The molecule has 2 N–H and O–H groups in total. The molecule has 0 spiro atoms. The third-order valence-corrected chi connectivity index (χ3v) is 2.56. The van der Waals surface area contributed by atoms with Gasteiger partial charge in [0, 0.05) is 12.0 Å². The maximum absolute atomic E-state index is 11.8. The highest BCUT2D eigenvalue weighted by atomic mass is 16.3. The molecule has 0 saturated carbocycles. The summed E-state index contributed by atoms with van der Waals surface area (Å²) in [5.74, 6) is 0.0613. The second kappa shape index (κ2) is 3.75. The van der Waals surface area contributed by atoms with Gasteiger partial charge in [0.1, 0.15) is 6.26 Å². The van der Waals surface area contributed by atoms with Gasteiger partial charge in [0.15, 0.2) is 5.78 Å². The minimum Gasteiger partial charge on any atom is -0.472 e. The average molecular weight is 181 g/mol. The van der Waals surface area contributed by atoms with E-state index in [9.17, 15) is 4.79 Å². The standard InChI is InChI=1S/C10H15NO2/c1-3-10(2,7-11)9(12)8-4-5-13-6-8/h4-6H,3,7,11H2,1-2H3. The highest BCUT2D eigenvalue weighted by Crippen LogP contribution is 2.25. The third-order valence-electron chi connectivity index (χ3n) is 2.56. The summed E-state index contributed by atoms with van der Waals surface area (Å²) in [6.45, 7) is 4.21. The van der Waals surface area contributed by atoms with Crippen LogP contribution < -0.4 is 5.73 Å².